The molecule has 1 aromatic carbocycles. The summed E-state index contributed by atoms with van der Waals surface area (Å²) in [5.41, 5.74) is 0.811. The van der Waals surface area contributed by atoms with Gasteiger partial charge in [0.1, 0.15) is 5.82 Å². The number of halogens is 3. The van der Waals surface area contributed by atoms with Crippen molar-refractivity contribution in [3.8, 4) is 11.3 Å². The fourth-order valence-corrected chi connectivity index (χ4v) is 3.93. The number of nitrogens with one attached hydrogen (secondary N) is 1. The van der Waals surface area contributed by atoms with E-state index in [0.29, 0.717) is 12.1 Å². The Kier molecular flexibility index (Phi) is 6.12. The van der Waals surface area contributed by atoms with Gasteiger partial charge in [-0.05, 0) is 49.0 Å². The van der Waals surface area contributed by atoms with E-state index in [-0.39, 0.29) is 28.6 Å². The van der Waals surface area contributed by atoms with Crippen molar-refractivity contribution in [3.63, 3.8) is 0 Å². The van der Waals surface area contributed by atoms with Crippen LogP contribution in [0, 0.1) is 11.8 Å². The lowest BCUT2D eigenvalue weighted by atomic mass is 10.2. The van der Waals surface area contributed by atoms with Crippen LogP contribution < -0.4 is 5.32 Å². The van der Waals surface area contributed by atoms with Gasteiger partial charge in [0.05, 0.1) is 16.2 Å². The van der Waals surface area contributed by atoms with Gasteiger partial charge in [-0.15, -0.1) is 12.4 Å². The summed E-state index contributed by atoms with van der Waals surface area (Å²) in [6.07, 6.45) is 2.67. The number of hydrogen-bond donors (Lipinski definition) is 1. The van der Waals surface area contributed by atoms with Gasteiger partial charge >= 0.3 is 0 Å². The molecule has 0 spiro atoms. The highest BCUT2D eigenvalue weighted by Gasteiger charge is 2.23. The number of rotatable bonds is 5. The van der Waals surface area contributed by atoms with Crippen LogP contribution in [0.4, 0.5) is 8.78 Å². The molecule has 138 valence electrons. The first-order chi connectivity index (χ1) is 11.9. The fourth-order valence-electron chi connectivity index (χ4n) is 2.51. The van der Waals surface area contributed by atoms with Gasteiger partial charge < -0.3 is 5.32 Å². The third-order valence-corrected chi connectivity index (χ3v) is 5.28. The van der Waals surface area contributed by atoms with E-state index in [9.17, 15) is 17.2 Å². The van der Waals surface area contributed by atoms with Gasteiger partial charge in [-0.2, -0.15) is 4.39 Å². The third kappa shape index (κ3) is 3.77. The van der Waals surface area contributed by atoms with Crippen molar-refractivity contribution in [1.29, 1.82) is 0 Å². The highest BCUT2D eigenvalue weighted by atomic mass is 35.5. The van der Waals surface area contributed by atoms with Gasteiger partial charge in [0.2, 0.25) is 5.95 Å². The second kappa shape index (κ2) is 7.94. The van der Waals surface area contributed by atoms with Crippen molar-refractivity contribution in [2.45, 2.75) is 11.4 Å². The summed E-state index contributed by atoms with van der Waals surface area (Å²) in [6, 6.07) is 9.21. The minimum Gasteiger partial charge on any atom is -0.316 e. The number of aromatic nitrogens is 2. The van der Waals surface area contributed by atoms with Crippen LogP contribution in [0.3, 0.4) is 0 Å². The molecule has 1 N–H and O–H groups in total. The van der Waals surface area contributed by atoms with E-state index >= 15 is 0 Å². The summed E-state index contributed by atoms with van der Waals surface area (Å²) in [6.45, 7) is 0.389. The molecule has 2 heterocycles. The van der Waals surface area contributed by atoms with E-state index in [1.165, 1.54) is 36.7 Å². The smallest absolute Gasteiger partial charge is 0.268 e. The number of nitrogens with zero attached hydrogens (tertiary/aromatic N) is 2. The summed E-state index contributed by atoms with van der Waals surface area (Å²) in [4.78, 5) is 3.35. The topological polar surface area (TPSA) is 64.0 Å². The Morgan fingerprint density at radius 3 is 2.58 bits per heavy atom. The molecule has 0 saturated heterocycles. The number of pyridine rings is 1. The Labute approximate surface area is 156 Å². The Morgan fingerprint density at radius 1 is 1.15 bits per heavy atom. The predicted octanol–water partition coefficient (Wildman–Crippen LogP) is 3.21. The van der Waals surface area contributed by atoms with E-state index in [1.54, 1.807) is 13.1 Å². The lowest BCUT2D eigenvalue weighted by Crippen LogP contribution is -2.14. The largest absolute Gasteiger partial charge is 0.316 e. The average molecular weight is 400 g/mol. The van der Waals surface area contributed by atoms with Crippen LogP contribution in [-0.4, -0.2) is 24.4 Å². The highest BCUT2D eigenvalue weighted by molar-refractivity contribution is 7.90. The summed E-state index contributed by atoms with van der Waals surface area (Å²) in [7, 11) is -2.39. The lowest BCUT2D eigenvalue weighted by molar-refractivity contribution is 0.580. The normalized spacial score (nSPS) is 11.2. The summed E-state index contributed by atoms with van der Waals surface area (Å²) >= 11 is 0. The Morgan fingerprint density at radius 2 is 1.92 bits per heavy atom. The molecule has 5 nitrogen and oxygen atoms in total. The quantitative estimate of drug-likeness (QED) is 0.669. The molecule has 0 atom stereocenters. The maximum absolute atomic E-state index is 14.1. The minimum absolute atomic E-state index is 0. The molecule has 0 unspecified atom stereocenters. The molecule has 3 rings (SSSR count). The third-order valence-electron chi connectivity index (χ3n) is 3.61. The van der Waals surface area contributed by atoms with Crippen molar-refractivity contribution >= 4 is 22.4 Å². The predicted molar refractivity (Wildman–Crippen MR) is 96.6 cm³/mol. The summed E-state index contributed by atoms with van der Waals surface area (Å²) in [5, 5.41) is 2.91. The van der Waals surface area contributed by atoms with Crippen LogP contribution in [0.2, 0.25) is 0 Å². The first kappa shape index (κ1) is 20.0. The van der Waals surface area contributed by atoms with Crippen LogP contribution in [0.5, 0.6) is 0 Å². The molecule has 3 aromatic rings. The van der Waals surface area contributed by atoms with Crippen LogP contribution in [0.15, 0.2) is 59.8 Å². The van der Waals surface area contributed by atoms with Crippen molar-refractivity contribution in [1.82, 2.24) is 14.3 Å². The lowest BCUT2D eigenvalue weighted by Gasteiger charge is -2.11. The minimum atomic E-state index is -4.10. The van der Waals surface area contributed by atoms with Crippen molar-refractivity contribution in [2.24, 2.45) is 0 Å². The average Bonchev–Trinajstić information content (AvgIpc) is 3.00. The van der Waals surface area contributed by atoms with Crippen LogP contribution >= 0.6 is 12.4 Å². The molecule has 2 aromatic heterocycles. The number of benzene rings is 1. The molecule has 0 radical (unpaired) electrons. The first-order valence-electron chi connectivity index (χ1n) is 7.41. The molecule has 26 heavy (non-hydrogen) atoms. The summed E-state index contributed by atoms with van der Waals surface area (Å²) in [5.74, 6) is -1.45. The second-order valence-corrected chi connectivity index (χ2v) is 7.18. The van der Waals surface area contributed by atoms with E-state index in [1.807, 2.05) is 0 Å². The monoisotopic (exact) mass is 399 g/mol. The van der Waals surface area contributed by atoms with Gasteiger partial charge in [-0.3, -0.25) is 0 Å². The standard InChI is InChI=1S/C17H15F2N3O2S.ClH/c1-20-10-12-8-16(15-6-3-7-21-17(15)19)22(11-12)25(23,24)14-5-2-4-13(18)9-14;/h2-9,11,20H,10H2,1H3;1H. The van der Waals surface area contributed by atoms with E-state index in [0.717, 1.165) is 16.1 Å². The maximum Gasteiger partial charge on any atom is 0.268 e. The first-order valence-corrected chi connectivity index (χ1v) is 8.85. The van der Waals surface area contributed by atoms with Crippen molar-refractivity contribution in [3.05, 3.63) is 72.2 Å². The zero-order chi connectivity index (χ0) is 18.0. The zero-order valence-electron chi connectivity index (χ0n) is 13.7. The molecule has 0 bridgehead atoms. The van der Waals surface area contributed by atoms with Crippen LogP contribution in [-0.2, 0) is 16.6 Å². The van der Waals surface area contributed by atoms with Crippen molar-refractivity contribution < 1.29 is 17.2 Å². The second-order valence-electron chi connectivity index (χ2n) is 5.36. The Bertz CT molecular complexity index is 1020. The highest BCUT2D eigenvalue weighted by Crippen LogP contribution is 2.28. The van der Waals surface area contributed by atoms with E-state index in [2.05, 4.69) is 10.3 Å². The Hall–Kier alpha value is -2.29. The maximum atomic E-state index is 14.1. The SMILES string of the molecule is CNCc1cc(-c2cccnc2F)n(S(=O)(=O)c2cccc(F)c2)c1.Cl. The molecule has 0 amide bonds. The Balaban J connectivity index is 0.00000243. The fraction of sp³-hybridized carbons (Fsp3) is 0.118. The molecule has 0 fully saturated rings. The van der Waals surface area contributed by atoms with Crippen molar-refractivity contribution in [2.75, 3.05) is 7.05 Å². The summed E-state index contributed by atoms with van der Waals surface area (Å²) < 4.78 is 54.4. The molecule has 0 aliphatic rings. The molecule has 9 heteroatoms. The molecular weight excluding hydrogens is 384 g/mol. The van der Waals surface area contributed by atoms with Crippen LogP contribution in [0.25, 0.3) is 11.3 Å². The van der Waals surface area contributed by atoms with Gasteiger partial charge in [-0.1, -0.05) is 6.07 Å². The number of hydrogen-bond acceptors (Lipinski definition) is 4. The zero-order valence-corrected chi connectivity index (χ0v) is 15.3. The van der Waals surface area contributed by atoms with Crippen LogP contribution in [0.1, 0.15) is 5.56 Å². The van der Waals surface area contributed by atoms with Gasteiger partial charge in [0.25, 0.3) is 10.0 Å². The van der Waals surface area contributed by atoms with E-state index in [4.69, 9.17) is 0 Å². The van der Waals surface area contributed by atoms with E-state index < -0.39 is 21.8 Å². The molecule has 0 aliphatic heterocycles. The van der Waals surface area contributed by atoms with Gasteiger partial charge in [-0.25, -0.2) is 21.8 Å². The molecular formula is C17H16ClF2N3O2S. The molecule has 0 saturated carbocycles. The molecule has 0 aliphatic carbocycles. The van der Waals surface area contributed by atoms with Gasteiger partial charge in [0, 0.05) is 18.9 Å². The van der Waals surface area contributed by atoms with Gasteiger partial charge in [0.15, 0.2) is 0 Å².